The summed E-state index contributed by atoms with van der Waals surface area (Å²) in [5.74, 6) is 0.678. The van der Waals surface area contributed by atoms with Crippen LogP contribution in [0.5, 0.6) is 5.75 Å². The number of carbonyl (C=O) groups is 1. The summed E-state index contributed by atoms with van der Waals surface area (Å²) in [6, 6.07) is 8.81. The zero-order valence-corrected chi connectivity index (χ0v) is 11.9. The third-order valence-electron chi connectivity index (χ3n) is 2.76. The Kier molecular flexibility index (Phi) is 4.61. The number of nitrogens with one attached hydrogen (secondary N) is 1. The molecule has 0 saturated heterocycles. The molecule has 0 radical (unpaired) electrons. The van der Waals surface area contributed by atoms with Gasteiger partial charge in [-0.1, -0.05) is 0 Å². The zero-order chi connectivity index (χ0) is 15.2. The van der Waals surface area contributed by atoms with Gasteiger partial charge in [0.2, 0.25) is 0 Å². The van der Waals surface area contributed by atoms with Crippen molar-refractivity contribution in [1.82, 2.24) is 4.98 Å². The van der Waals surface area contributed by atoms with Crippen LogP contribution in [0.4, 0.5) is 17.2 Å². The van der Waals surface area contributed by atoms with Crippen LogP contribution in [0.1, 0.15) is 17.3 Å². The lowest BCUT2D eigenvalue weighted by Crippen LogP contribution is -2.10. The molecule has 0 unspecified atom stereocenters. The van der Waals surface area contributed by atoms with Gasteiger partial charge in [-0.3, -0.25) is 0 Å². The molecule has 0 aliphatic heterocycles. The topological polar surface area (TPSA) is 86.5 Å². The van der Waals surface area contributed by atoms with Crippen molar-refractivity contribution < 1.29 is 14.3 Å². The van der Waals surface area contributed by atoms with E-state index < -0.39 is 5.97 Å². The van der Waals surface area contributed by atoms with Crippen molar-refractivity contribution in [2.45, 2.75) is 6.92 Å². The first-order valence-electron chi connectivity index (χ1n) is 6.47. The van der Waals surface area contributed by atoms with Crippen molar-refractivity contribution in [3.05, 3.63) is 42.1 Å². The van der Waals surface area contributed by atoms with Gasteiger partial charge in [-0.25, -0.2) is 9.78 Å². The Morgan fingerprint density at radius 1 is 1.33 bits per heavy atom. The average Bonchev–Trinajstić information content (AvgIpc) is 2.50. The Labute approximate surface area is 122 Å². The number of ether oxygens (including phenoxy) is 2. The molecular formula is C15H17N3O3. The van der Waals surface area contributed by atoms with E-state index in [2.05, 4.69) is 10.3 Å². The number of carbonyl (C=O) groups excluding carboxylic acids is 1. The second-order valence-electron chi connectivity index (χ2n) is 4.24. The fourth-order valence-electron chi connectivity index (χ4n) is 1.76. The Hall–Kier alpha value is -2.76. The Bertz CT molecular complexity index is 627. The second-order valence-corrected chi connectivity index (χ2v) is 4.24. The molecule has 1 heterocycles. The van der Waals surface area contributed by atoms with E-state index in [1.165, 1.54) is 12.3 Å². The summed E-state index contributed by atoms with van der Waals surface area (Å²) in [5, 5.41) is 3.07. The largest absolute Gasteiger partial charge is 0.497 e. The Morgan fingerprint density at radius 3 is 2.67 bits per heavy atom. The zero-order valence-electron chi connectivity index (χ0n) is 11.9. The van der Waals surface area contributed by atoms with Crippen LogP contribution in [-0.2, 0) is 4.74 Å². The second kappa shape index (κ2) is 6.60. The molecule has 2 rings (SSSR count). The lowest BCUT2D eigenvalue weighted by atomic mass is 10.2. The highest BCUT2D eigenvalue weighted by Crippen LogP contribution is 2.23. The van der Waals surface area contributed by atoms with Crippen molar-refractivity contribution in [3.63, 3.8) is 0 Å². The SMILES string of the molecule is CCOC(=O)c1cc(N)cnc1Nc1ccc(OC)cc1. The number of hydrogen-bond acceptors (Lipinski definition) is 6. The predicted molar refractivity (Wildman–Crippen MR) is 80.9 cm³/mol. The normalized spacial score (nSPS) is 10.0. The molecule has 1 aromatic heterocycles. The molecule has 0 bridgehead atoms. The lowest BCUT2D eigenvalue weighted by molar-refractivity contribution is 0.0527. The van der Waals surface area contributed by atoms with Gasteiger partial charge in [-0.05, 0) is 37.3 Å². The first kappa shape index (κ1) is 14.6. The highest BCUT2D eigenvalue weighted by Gasteiger charge is 2.14. The third-order valence-corrected chi connectivity index (χ3v) is 2.76. The van der Waals surface area contributed by atoms with E-state index in [9.17, 15) is 4.79 Å². The van der Waals surface area contributed by atoms with Gasteiger partial charge in [0.05, 0.1) is 25.6 Å². The molecule has 110 valence electrons. The molecular weight excluding hydrogens is 270 g/mol. The van der Waals surface area contributed by atoms with Gasteiger partial charge in [0, 0.05) is 5.69 Å². The van der Waals surface area contributed by atoms with E-state index in [1.807, 2.05) is 24.3 Å². The van der Waals surface area contributed by atoms with Crippen molar-refractivity contribution >= 4 is 23.2 Å². The molecule has 0 aliphatic carbocycles. The number of nitrogens with zero attached hydrogens (tertiary/aromatic N) is 1. The molecule has 1 aromatic carbocycles. The number of anilines is 3. The molecule has 0 spiro atoms. The van der Waals surface area contributed by atoms with E-state index in [-0.39, 0.29) is 6.61 Å². The van der Waals surface area contributed by atoms with Gasteiger partial charge in [0.1, 0.15) is 17.1 Å². The van der Waals surface area contributed by atoms with Gasteiger partial charge in [-0.15, -0.1) is 0 Å². The van der Waals surface area contributed by atoms with Crippen LogP contribution in [0, 0.1) is 0 Å². The van der Waals surface area contributed by atoms with E-state index in [0.717, 1.165) is 11.4 Å². The summed E-state index contributed by atoms with van der Waals surface area (Å²) in [6.45, 7) is 2.03. The highest BCUT2D eigenvalue weighted by molar-refractivity contribution is 5.96. The van der Waals surface area contributed by atoms with Crippen LogP contribution < -0.4 is 15.8 Å². The van der Waals surface area contributed by atoms with Crippen molar-refractivity contribution in [2.75, 3.05) is 24.8 Å². The first-order chi connectivity index (χ1) is 10.1. The van der Waals surface area contributed by atoms with Crippen LogP contribution in [-0.4, -0.2) is 24.7 Å². The van der Waals surface area contributed by atoms with E-state index in [4.69, 9.17) is 15.2 Å². The number of rotatable bonds is 5. The molecule has 3 N–H and O–H groups in total. The number of pyridine rings is 1. The molecule has 0 aliphatic rings. The van der Waals surface area contributed by atoms with Gasteiger partial charge in [0.15, 0.2) is 0 Å². The lowest BCUT2D eigenvalue weighted by Gasteiger charge is -2.11. The molecule has 0 fully saturated rings. The number of benzene rings is 1. The number of esters is 1. The van der Waals surface area contributed by atoms with Crippen molar-refractivity contribution in [1.29, 1.82) is 0 Å². The Balaban J connectivity index is 2.27. The molecule has 21 heavy (non-hydrogen) atoms. The number of methoxy groups -OCH3 is 1. The van der Waals surface area contributed by atoms with Gasteiger partial charge in [0.25, 0.3) is 0 Å². The fraction of sp³-hybridized carbons (Fsp3) is 0.200. The minimum Gasteiger partial charge on any atom is -0.497 e. The van der Waals surface area contributed by atoms with Gasteiger partial charge >= 0.3 is 5.97 Å². The number of nitrogens with two attached hydrogens (primary N) is 1. The van der Waals surface area contributed by atoms with Crippen LogP contribution in [0.15, 0.2) is 36.5 Å². The maximum Gasteiger partial charge on any atom is 0.341 e. The number of nitrogen functional groups attached to an aromatic ring is 1. The van der Waals surface area contributed by atoms with Crippen LogP contribution in [0.2, 0.25) is 0 Å². The minimum absolute atomic E-state index is 0.287. The summed E-state index contributed by atoms with van der Waals surface area (Å²) in [7, 11) is 1.60. The molecule has 6 nitrogen and oxygen atoms in total. The monoisotopic (exact) mass is 287 g/mol. The van der Waals surface area contributed by atoms with Crippen molar-refractivity contribution in [2.24, 2.45) is 0 Å². The van der Waals surface area contributed by atoms with Crippen LogP contribution in [0.3, 0.4) is 0 Å². The highest BCUT2D eigenvalue weighted by atomic mass is 16.5. The molecule has 0 amide bonds. The number of hydrogen-bond donors (Lipinski definition) is 2. The third kappa shape index (κ3) is 3.62. The minimum atomic E-state index is -0.465. The van der Waals surface area contributed by atoms with Gasteiger partial charge in [-0.2, -0.15) is 0 Å². The quantitative estimate of drug-likeness (QED) is 0.822. The van der Waals surface area contributed by atoms with E-state index >= 15 is 0 Å². The molecule has 6 heteroatoms. The summed E-state index contributed by atoms with van der Waals surface area (Å²) < 4.78 is 10.1. The Morgan fingerprint density at radius 2 is 2.05 bits per heavy atom. The van der Waals surface area contributed by atoms with Crippen molar-refractivity contribution in [3.8, 4) is 5.75 Å². The number of aromatic nitrogens is 1. The molecule has 0 atom stereocenters. The maximum atomic E-state index is 11.9. The van der Waals surface area contributed by atoms with Gasteiger partial charge < -0.3 is 20.5 Å². The van der Waals surface area contributed by atoms with Crippen LogP contribution >= 0.6 is 0 Å². The summed E-state index contributed by atoms with van der Waals surface area (Å²) in [4.78, 5) is 16.1. The maximum absolute atomic E-state index is 11.9. The first-order valence-corrected chi connectivity index (χ1v) is 6.47. The summed E-state index contributed by atoms with van der Waals surface area (Å²) in [6.07, 6.45) is 1.48. The van der Waals surface area contributed by atoms with E-state index in [0.29, 0.717) is 17.1 Å². The van der Waals surface area contributed by atoms with E-state index in [1.54, 1.807) is 14.0 Å². The smallest absolute Gasteiger partial charge is 0.341 e. The standard InChI is InChI=1S/C15H17N3O3/c1-3-21-15(19)13-8-10(16)9-17-14(13)18-11-4-6-12(20-2)7-5-11/h4-9H,3,16H2,1-2H3,(H,17,18). The predicted octanol–water partition coefficient (Wildman–Crippen LogP) is 2.59. The summed E-state index contributed by atoms with van der Waals surface area (Å²) >= 11 is 0. The van der Waals surface area contributed by atoms with Crippen LogP contribution in [0.25, 0.3) is 0 Å². The average molecular weight is 287 g/mol. The molecule has 0 saturated carbocycles. The molecule has 2 aromatic rings. The fourth-order valence-corrected chi connectivity index (χ4v) is 1.76. The summed E-state index contributed by atoms with van der Waals surface area (Å²) in [5.41, 5.74) is 7.15.